The van der Waals surface area contributed by atoms with Gasteiger partial charge in [-0.25, -0.2) is 41.2 Å². The Morgan fingerprint density at radius 2 is 1.11 bits per heavy atom. The maximum atomic E-state index is 12.8. The molecule has 0 amide bonds. The van der Waals surface area contributed by atoms with E-state index in [9.17, 15) is 16.8 Å². The van der Waals surface area contributed by atoms with Crippen molar-refractivity contribution in [3.8, 4) is 11.4 Å². The lowest BCUT2D eigenvalue weighted by Gasteiger charge is -2.08. The molecule has 0 unspecified atom stereocenters. The number of benzene rings is 3. The number of sulfonamides is 2. The number of aromatic nitrogens is 10. The zero-order valence-electron chi connectivity index (χ0n) is 27.9. The zero-order valence-corrected chi connectivity index (χ0v) is 30.4. The molecule has 5 aromatic heterocycles. The minimum atomic E-state index is -3.83. The normalized spacial score (nSPS) is 11.9. The number of imidazole rings is 1. The fraction of sp³-hybridized carbons (Fsp3) is 0.0571. The molecule has 0 saturated heterocycles. The lowest BCUT2D eigenvalue weighted by atomic mass is 10.3. The minimum absolute atomic E-state index is 0.0854. The molecular weight excluding hydrogens is 749 g/mol. The lowest BCUT2D eigenvalue weighted by Crippen LogP contribution is -2.13. The molecule has 54 heavy (non-hydrogen) atoms. The number of para-hydroxylation sites is 2. The van der Waals surface area contributed by atoms with Crippen LogP contribution in [0.3, 0.4) is 0 Å². The third-order valence-electron chi connectivity index (χ3n) is 8.00. The van der Waals surface area contributed by atoms with E-state index in [1.807, 2.05) is 24.3 Å². The molecule has 0 saturated carbocycles. The quantitative estimate of drug-likeness (QED) is 0.150. The summed E-state index contributed by atoms with van der Waals surface area (Å²) in [4.78, 5) is 13.1. The van der Waals surface area contributed by atoms with E-state index < -0.39 is 20.0 Å². The van der Waals surface area contributed by atoms with Gasteiger partial charge in [0.1, 0.15) is 17.3 Å². The van der Waals surface area contributed by atoms with Gasteiger partial charge in [-0.1, -0.05) is 46.5 Å². The van der Waals surface area contributed by atoms with E-state index in [1.54, 1.807) is 82.4 Å². The van der Waals surface area contributed by atoms with Crippen molar-refractivity contribution in [2.24, 2.45) is 0 Å². The van der Waals surface area contributed by atoms with Crippen LogP contribution in [-0.4, -0.2) is 66.3 Å². The number of hydrogen-bond acceptors (Lipinski definition) is 12. The molecule has 0 aliphatic carbocycles. The molecule has 5 heterocycles. The summed E-state index contributed by atoms with van der Waals surface area (Å²) in [7, 11) is -7.64. The molecule has 0 atom stereocenters. The van der Waals surface area contributed by atoms with Crippen LogP contribution in [0, 0.1) is 0 Å². The molecule has 8 aromatic rings. The first kappa shape index (κ1) is 34.6. The van der Waals surface area contributed by atoms with Gasteiger partial charge in [0, 0.05) is 18.1 Å². The molecule has 0 bridgehead atoms. The number of fused-ring (bicyclic) bond motifs is 1. The Hall–Kier alpha value is -6.44. The smallest absolute Gasteiger partial charge is 0.263 e. The summed E-state index contributed by atoms with van der Waals surface area (Å²) in [5, 5.41) is 18.0. The SMILES string of the molecule is O=S(=O)(Nc1ccccn1)c1ccc(-n2cc(CSc3nc4ccccc4n3Cc3cn(-c4ccc(S(=O)(=O)Nc5ccccn5)cc4)nn3)nn2)cc1. The molecule has 0 radical (unpaired) electrons. The van der Waals surface area contributed by atoms with E-state index in [2.05, 4.69) is 44.6 Å². The summed E-state index contributed by atoms with van der Waals surface area (Å²) in [5.41, 5.74) is 4.37. The Morgan fingerprint density at radius 1 is 0.593 bits per heavy atom. The third-order valence-corrected chi connectivity index (χ3v) is 11.8. The number of pyridine rings is 2. The Kier molecular flexibility index (Phi) is 9.32. The second kappa shape index (κ2) is 14.5. The van der Waals surface area contributed by atoms with Crippen LogP contribution in [0.2, 0.25) is 0 Å². The van der Waals surface area contributed by atoms with E-state index in [0.29, 0.717) is 35.1 Å². The largest absolute Gasteiger partial charge is 0.313 e. The van der Waals surface area contributed by atoms with Gasteiger partial charge in [-0.15, -0.1) is 10.2 Å². The first-order valence-corrected chi connectivity index (χ1v) is 20.1. The average molecular weight is 777 g/mol. The fourth-order valence-electron chi connectivity index (χ4n) is 5.40. The van der Waals surface area contributed by atoms with Crippen molar-refractivity contribution in [2.45, 2.75) is 27.2 Å². The van der Waals surface area contributed by atoms with Crippen LogP contribution >= 0.6 is 11.8 Å². The number of hydrogen-bond donors (Lipinski definition) is 2. The lowest BCUT2D eigenvalue weighted by molar-refractivity contribution is 0.599. The van der Waals surface area contributed by atoms with E-state index in [4.69, 9.17) is 4.98 Å². The highest BCUT2D eigenvalue weighted by atomic mass is 32.2. The summed E-state index contributed by atoms with van der Waals surface area (Å²) in [5.74, 6) is 0.918. The van der Waals surface area contributed by atoms with Gasteiger partial charge < -0.3 is 4.57 Å². The second-order valence-corrected chi connectivity index (χ2v) is 16.0. The number of nitrogens with one attached hydrogen (secondary N) is 2. The van der Waals surface area contributed by atoms with Crippen molar-refractivity contribution in [3.63, 3.8) is 0 Å². The van der Waals surface area contributed by atoms with Crippen LogP contribution in [0.15, 0.2) is 149 Å². The van der Waals surface area contributed by atoms with Crippen molar-refractivity contribution in [1.29, 1.82) is 0 Å². The fourth-order valence-corrected chi connectivity index (χ4v) is 8.31. The molecule has 0 fully saturated rings. The number of nitrogens with zero attached hydrogens (tertiary/aromatic N) is 10. The van der Waals surface area contributed by atoms with Gasteiger partial charge in [0.05, 0.1) is 56.8 Å². The van der Waals surface area contributed by atoms with Gasteiger partial charge >= 0.3 is 0 Å². The van der Waals surface area contributed by atoms with Crippen molar-refractivity contribution in [1.82, 2.24) is 49.5 Å². The van der Waals surface area contributed by atoms with Gasteiger partial charge in [-0.2, -0.15) is 0 Å². The third kappa shape index (κ3) is 7.54. The van der Waals surface area contributed by atoms with Gasteiger partial charge in [-0.05, 0) is 84.9 Å². The molecule has 0 aliphatic rings. The first-order chi connectivity index (χ1) is 26.2. The number of thioether (sulfide) groups is 1. The van der Waals surface area contributed by atoms with Gasteiger partial charge in [-0.3, -0.25) is 9.44 Å². The van der Waals surface area contributed by atoms with Crippen molar-refractivity contribution in [2.75, 3.05) is 9.44 Å². The van der Waals surface area contributed by atoms with Crippen LogP contribution in [0.5, 0.6) is 0 Å². The molecule has 3 aromatic carbocycles. The van der Waals surface area contributed by atoms with Crippen LogP contribution in [0.1, 0.15) is 11.4 Å². The maximum Gasteiger partial charge on any atom is 0.263 e. The Labute approximate surface area is 313 Å². The number of rotatable bonds is 13. The predicted molar refractivity (Wildman–Crippen MR) is 201 cm³/mol. The highest BCUT2D eigenvalue weighted by molar-refractivity contribution is 7.98. The first-order valence-electron chi connectivity index (χ1n) is 16.2. The highest BCUT2D eigenvalue weighted by Gasteiger charge is 2.18. The molecule has 2 N–H and O–H groups in total. The van der Waals surface area contributed by atoms with E-state index in [1.165, 1.54) is 48.4 Å². The topological polar surface area (TPSA) is 197 Å². The van der Waals surface area contributed by atoms with Crippen LogP contribution < -0.4 is 9.44 Å². The van der Waals surface area contributed by atoms with Crippen molar-refractivity contribution in [3.05, 3.63) is 145 Å². The summed E-state index contributed by atoms with van der Waals surface area (Å²) in [6.45, 7) is 0.375. The van der Waals surface area contributed by atoms with E-state index in [0.717, 1.165) is 16.2 Å². The molecule has 270 valence electrons. The van der Waals surface area contributed by atoms with Gasteiger partial charge in [0.15, 0.2) is 5.16 Å². The average Bonchev–Trinajstić information content (AvgIpc) is 3.94. The standard InChI is InChI=1S/C35H28N12O4S3/c48-53(49,41-33-9-3-5-19-36-33)29-15-11-27(12-16-29)46-22-25(39-43-46)21-45-32-8-2-1-7-31(32)38-35(45)52-24-26-23-47(44-40-26)28-13-17-30(18-14-28)54(50,51)42-34-10-4-6-20-37-34/h1-20,22-23H,21,24H2,(H,36,41)(H,37,42). The monoisotopic (exact) mass is 776 g/mol. The van der Waals surface area contributed by atoms with Gasteiger partial charge in [0.2, 0.25) is 0 Å². The van der Waals surface area contributed by atoms with Crippen molar-refractivity contribution < 1.29 is 16.8 Å². The van der Waals surface area contributed by atoms with Crippen molar-refractivity contribution >= 4 is 54.5 Å². The summed E-state index contributed by atoms with van der Waals surface area (Å²) < 4.78 is 61.5. The van der Waals surface area contributed by atoms with Crippen LogP contribution in [0.25, 0.3) is 22.4 Å². The predicted octanol–water partition coefficient (Wildman–Crippen LogP) is 4.93. The molecular formula is C35H28N12O4S3. The molecule has 8 rings (SSSR count). The summed E-state index contributed by atoms with van der Waals surface area (Å²) >= 11 is 1.49. The van der Waals surface area contributed by atoms with Crippen LogP contribution in [0.4, 0.5) is 11.6 Å². The summed E-state index contributed by atoms with van der Waals surface area (Å²) in [6, 6.07) is 30.4. The maximum absolute atomic E-state index is 12.8. The molecule has 0 spiro atoms. The van der Waals surface area contributed by atoms with E-state index in [-0.39, 0.29) is 21.4 Å². The highest BCUT2D eigenvalue weighted by Crippen LogP contribution is 2.28. The Bertz CT molecular complexity index is 2770. The summed E-state index contributed by atoms with van der Waals surface area (Å²) in [6.07, 6.45) is 6.59. The Morgan fingerprint density at radius 3 is 1.67 bits per heavy atom. The Balaban J connectivity index is 0.949. The second-order valence-electron chi connectivity index (χ2n) is 11.7. The van der Waals surface area contributed by atoms with E-state index >= 15 is 0 Å². The van der Waals surface area contributed by atoms with Crippen LogP contribution in [-0.2, 0) is 32.3 Å². The molecule has 19 heteroatoms. The number of anilines is 2. The molecule has 0 aliphatic heterocycles. The minimum Gasteiger partial charge on any atom is -0.313 e. The van der Waals surface area contributed by atoms with Gasteiger partial charge in [0.25, 0.3) is 20.0 Å². The molecule has 16 nitrogen and oxygen atoms in total. The zero-order chi connectivity index (χ0) is 37.1.